The summed E-state index contributed by atoms with van der Waals surface area (Å²) in [5, 5.41) is 8.80. The maximum Gasteiger partial charge on any atom is 0.258 e. The van der Waals surface area contributed by atoms with Crippen molar-refractivity contribution in [2.75, 3.05) is 13.1 Å². The number of pyridine rings is 1. The number of Topliss-reactive ketones (excluding diaryl/α,β-unsaturated/α-hetero) is 1. The van der Waals surface area contributed by atoms with E-state index in [4.69, 9.17) is 14.4 Å². The Kier molecular flexibility index (Phi) is 4.17. The molecule has 0 aromatic carbocycles. The highest BCUT2D eigenvalue weighted by molar-refractivity contribution is 6.09. The maximum absolute atomic E-state index is 12.8. The summed E-state index contributed by atoms with van der Waals surface area (Å²) in [5.41, 5.74) is 1.29. The lowest BCUT2D eigenvalue weighted by Gasteiger charge is -2.17. The number of carbonyl (C=O) groups excluding carboxylic acids is 2. The first-order valence-corrected chi connectivity index (χ1v) is 8.61. The van der Waals surface area contributed by atoms with Gasteiger partial charge >= 0.3 is 0 Å². The van der Waals surface area contributed by atoms with E-state index in [2.05, 4.69) is 4.98 Å². The maximum atomic E-state index is 12.8. The molecule has 0 bridgehead atoms. The van der Waals surface area contributed by atoms with Crippen LogP contribution in [0, 0.1) is 11.3 Å². The fourth-order valence-electron chi connectivity index (χ4n) is 3.45. The number of furan rings is 1. The summed E-state index contributed by atoms with van der Waals surface area (Å²) in [7, 11) is 0. The minimum atomic E-state index is -0.191. The van der Waals surface area contributed by atoms with Crippen LogP contribution in [0.2, 0.25) is 0 Å². The minimum Gasteiger partial charge on any atom is -0.472 e. The molecule has 0 N–H and O–H groups in total. The Morgan fingerprint density at radius 3 is 3.04 bits per heavy atom. The van der Waals surface area contributed by atoms with Gasteiger partial charge in [-0.25, -0.2) is 4.98 Å². The van der Waals surface area contributed by atoms with Gasteiger partial charge in [-0.2, -0.15) is 5.26 Å². The third-order valence-corrected chi connectivity index (χ3v) is 4.77. The second-order valence-electron chi connectivity index (χ2n) is 6.50. The van der Waals surface area contributed by atoms with Crippen molar-refractivity contribution in [1.29, 1.82) is 5.26 Å². The van der Waals surface area contributed by atoms with E-state index in [1.807, 2.05) is 6.07 Å². The van der Waals surface area contributed by atoms with Crippen LogP contribution in [0.25, 0.3) is 0 Å². The topological polar surface area (TPSA) is 96.4 Å². The van der Waals surface area contributed by atoms with E-state index in [1.165, 1.54) is 12.5 Å². The summed E-state index contributed by atoms with van der Waals surface area (Å²) in [6.07, 6.45) is 5.31. The molecule has 1 saturated heterocycles. The molecule has 1 amide bonds. The molecule has 7 heteroatoms. The summed E-state index contributed by atoms with van der Waals surface area (Å²) >= 11 is 0. The number of hydrogen-bond acceptors (Lipinski definition) is 6. The van der Waals surface area contributed by atoms with Crippen LogP contribution < -0.4 is 4.74 Å². The van der Waals surface area contributed by atoms with Crippen LogP contribution in [-0.2, 0) is 6.42 Å². The number of amides is 1. The lowest BCUT2D eigenvalue weighted by Crippen LogP contribution is -2.32. The molecule has 1 aliphatic carbocycles. The molecule has 0 radical (unpaired) electrons. The van der Waals surface area contributed by atoms with Gasteiger partial charge < -0.3 is 14.1 Å². The Bertz CT molecular complexity index is 894. The first-order valence-electron chi connectivity index (χ1n) is 8.61. The van der Waals surface area contributed by atoms with Gasteiger partial charge in [-0.3, -0.25) is 9.59 Å². The average molecular weight is 351 g/mol. The number of likely N-dealkylation sites (tertiary alicyclic amines) is 1. The Hall–Kier alpha value is -3.14. The van der Waals surface area contributed by atoms with Gasteiger partial charge in [0.25, 0.3) is 5.91 Å². The molecule has 0 saturated carbocycles. The van der Waals surface area contributed by atoms with E-state index in [-0.39, 0.29) is 17.8 Å². The molecule has 1 atom stereocenters. The number of ether oxygens (including phenoxy) is 1. The van der Waals surface area contributed by atoms with Crippen LogP contribution in [-0.4, -0.2) is 40.8 Å². The van der Waals surface area contributed by atoms with Gasteiger partial charge in [0.15, 0.2) is 5.78 Å². The summed E-state index contributed by atoms with van der Waals surface area (Å²) in [4.78, 5) is 30.7. The number of aryl methyl sites for hydroxylation is 1. The summed E-state index contributed by atoms with van der Waals surface area (Å²) in [5.74, 6) is 0.846. The molecular formula is C19H17N3O4. The fourth-order valence-corrected chi connectivity index (χ4v) is 3.45. The van der Waals surface area contributed by atoms with E-state index in [0.717, 1.165) is 6.42 Å². The predicted octanol–water partition coefficient (Wildman–Crippen LogP) is 2.36. The van der Waals surface area contributed by atoms with Crippen LogP contribution in [0.1, 0.15) is 51.3 Å². The molecule has 3 heterocycles. The number of nitrogens with zero attached hydrogens (tertiary/aromatic N) is 3. The highest BCUT2D eigenvalue weighted by Crippen LogP contribution is 2.28. The van der Waals surface area contributed by atoms with Crippen molar-refractivity contribution in [1.82, 2.24) is 9.88 Å². The first kappa shape index (κ1) is 16.3. The molecule has 7 nitrogen and oxygen atoms in total. The Labute approximate surface area is 150 Å². The van der Waals surface area contributed by atoms with Crippen LogP contribution in [0.5, 0.6) is 5.88 Å². The Balaban J connectivity index is 1.44. The number of aromatic nitrogens is 1. The predicted molar refractivity (Wildman–Crippen MR) is 89.9 cm³/mol. The van der Waals surface area contributed by atoms with Gasteiger partial charge in [0.2, 0.25) is 5.88 Å². The average Bonchev–Trinajstić information content (AvgIpc) is 3.30. The second-order valence-corrected chi connectivity index (χ2v) is 6.50. The summed E-state index contributed by atoms with van der Waals surface area (Å²) < 4.78 is 11.2. The molecule has 26 heavy (non-hydrogen) atoms. The van der Waals surface area contributed by atoms with Gasteiger partial charge in [-0.1, -0.05) is 0 Å². The highest BCUT2D eigenvalue weighted by atomic mass is 16.5. The standard InChI is InChI=1S/C19H17N3O4/c20-8-12-4-5-17(21-9-12)26-13-6-7-22(10-13)19(24)14-11-25-16-3-1-2-15(23)18(14)16/h4-5,9,11,13H,1-3,6-7,10H2/t13-/m0/s1. The van der Waals surface area contributed by atoms with Crippen LogP contribution in [0.3, 0.4) is 0 Å². The fraction of sp³-hybridized carbons (Fsp3) is 0.368. The van der Waals surface area contributed by atoms with Crippen LogP contribution in [0.4, 0.5) is 0 Å². The van der Waals surface area contributed by atoms with Gasteiger partial charge in [-0.15, -0.1) is 0 Å². The van der Waals surface area contributed by atoms with Crippen LogP contribution in [0.15, 0.2) is 29.0 Å². The quantitative estimate of drug-likeness (QED) is 0.842. The molecule has 2 aromatic rings. The zero-order chi connectivity index (χ0) is 18.1. The lowest BCUT2D eigenvalue weighted by molar-refractivity contribution is 0.0765. The summed E-state index contributed by atoms with van der Waals surface area (Å²) in [6, 6.07) is 5.30. The smallest absolute Gasteiger partial charge is 0.258 e. The second kappa shape index (κ2) is 6.64. The third kappa shape index (κ3) is 2.94. The molecule has 1 aliphatic heterocycles. The third-order valence-electron chi connectivity index (χ3n) is 4.77. The SMILES string of the molecule is N#Cc1ccc(O[C@H]2CCN(C(=O)c3coc4c3C(=O)CCC4)C2)nc1. The molecule has 132 valence electrons. The molecular weight excluding hydrogens is 334 g/mol. The van der Waals surface area contributed by atoms with E-state index in [9.17, 15) is 9.59 Å². The van der Waals surface area contributed by atoms with Crippen molar-refractivity contribution >= 4 is 11.7 Å². The monoisotopic (exact) mass is 351 g/mol. The number of carbonyl (C=O) groups is 2. The van der Waals surface area contributed by atoms with Gasteiger partial charge in [-0.05, 0) is 12.5 Å². The van der Waals surface area contributed by atoms with Gasteiger partial charge in [0.1, 0.15) is 24.2 Å². The molecule has 0 spiro atoms. The van der Waals surface area contributed by atoms with Crippen molar-refractivity contribution in [3.05, 3.63) is 47.0 Å². The Morgan fingerprint density at radius 2 is 2.27 bits per heavy atom. The largest absolute Gasteiger partial charge is 0.472 e. The van der Waals surface area contributed by atoms with Crippen LogP contribution >= 0.6 is 0 Å². The molecule has 4 rings (SSSR count). The van der Waals surface area contributed by atoms with Crippen molar-refractivity contribution in [3.63, 3.8) is 0 Å². The minimum absolute atomic E-state index is 0.0165. The summed E-state index contributed by atoms with van der Waals surface area (Å²) in [6.45, 7) is 0.975. The number of nitriles is 1. The normalized spacial score (nSPS) is 19.1. The molecule has 0 unspecified atom stereocenters. The van der Waals surface area contributed by atoms with E-state index in [1.54, 1.807) is 17.0 Å². The molecule has 2 aromatic heterocycles. The van der Waals surface area contributed by atoms with E-state index in [0.29, 0.717) is 60.7 Å². The van der Waals surface area contributed by atoms with Gasteiger partial charge in [0, 0.05) is 38.1 Å². The molecule has 1 fully saturated rings. The van der Waals surface area contributed by atoms with Gasteiger partial charge in [0.05, 0.1) is 23.2 Å². The van der Waals surface area contributed by atoms with Crippen molar-refractivity contribution < 1.29 is 18.7 Å². The van der Waals surface area contributed by atoms with E-state index < -0.39 is 0 Å². The molecule has 2 aliphatic rings. The van der Waals surface area contributed by atoms with Crippen molar-refractivity contribution in [3.8, 4) is 11.9 Å². The first-order chi connectivity index (χ1) is 12.7. The highest BCUT2D eigenvalue weighted by Gasteiger charge is 2.34. The number of hydrogen-bond donors (Lipinski definition) is 0. The van der Waals surface area contributed by atoms with Crippen molar-refractivity contribution in [2.24, 2.45) is 0 Å². The zero-order valence-electron chi connectivity index (χ0n) is 14.1. The number of fused-ring (bicyclic) bond motifs is 1. The lowest BCUT2D eigenvalue weighted by atomic mass is 9.94. The van der Waals surface area contributed by atoms with Crippen molar-refractivity contribution in [2.45, 2.75) is 31.8 Å². The number of rotatable bonds is 3. The Morgan fingerprint density at radius 1 is 1.38 bits per heavy atom. The zero-order valence-corrected chi connectivity index (χ0v) is 14.1. The van der Waals surface area contributed by atoms with E-state index >= 15 is 0 Å². The number of ketones is 1.